The van der Waals surface area contributed by atoms with Gasteiger partial charge in [-0.25, -0.2) is 0 Å². The Kier molecular flexibility index (Phi) is 6.93. The van der Waals surface area contributed by atoms with Gasteiger partial charge in [-0.3, -0.25) is 14.6 Å². The van der Waals surface area contributed by atoms with E-state index in [9.17, 15) is 9.59 Å². The predicted molar refractivity (Wildman–Crippen MR) is 103 cm³/mol. The summed E-state index contributed by atoms with van der Waals surface area (Å²) < 4.78 is 5.93. The van der Waals surface area contributed by atoms with Crippen molar-refractivity contribution in [3.63, 3.8) is 0 Å². The molecule has 0 aliphatic rings. The average Bonchev–Trinajstić information content (AvgIpc) is 2.61. The number of carbonyl (C=O) groups excluding carboxylic acids is 1. The van der Waals surface area contributed by atoms with Gasteiger partial charge in [0.1, 0.15) is 12.4 Å². The zero-order chi connectivity index (χ0) is 20.0. The minimum Gasteiger partial charge on any atom is -0.488 e. The van der Waals surface area contributed by atoms with Gasteiger partial charge < -0.3 is 14.7 Å². The first-order valence-electron chi connectivity index (χ1n) is 8.95. The number of pyridine rings is 1. The number of aromatic nitrogens is 1. The molecule has 0 aliphatic heterocycles. The second-order valence-electron chi connectivity index (χ2n) is 6.83. The summed E-state index contributed by atoms with van der Waals surface area (Å²) in [6, 6.07) is 7.31. The Hall–Kier alpha value is -2.89. The van der Waals surface area contributed by atoms with Crippen LogP contribution in [-0.2, 0) is 11.4 Å². The van der Waals surface area contributed by atoms with E-state index < -0.39 is 5.97 Å². The number of ether oxygens (including phenoxy) is 1. The standard InChI is InChI=1S/C21H26N2O4/c1-14(2)23(9-7-19(24)25)21(26)18-10-15(3)20(16(4)11-18)27-13-17-6-5-8-22-12-17/h5-6,8,10-12,14H,7,9,13H2,1-4H3,(H,24,25). The molecule has 2 aromatic rings. The highest BCUT2D eigenvalue weighted by molar-refractivity contribution is 5.95. The number of carbonyl (C=O) groups is 2. The minimum atomic E-state index is -0.917. The molecule has 27 heavy (non-hydrogen) atoms. The maximum atomic E-state index is 12.9. The second kappa shape index (κ2) is 9.16. The first kappa shape index (κ1) is 20.4. The Bertz CT molecular complexity index is 780. The molecule has 144 valence electrons. The Labute approximate surface area is 159 Å². The van der Waals surface area contributed by atoms with Gasteiger partial charge in [-0.05, 0) is 57.0 Å². The van der Waals surface area contributed by atoms with Gasteiger partial charge in [0.2, 0.25) is 0 Å². The van der Waals surface area contributed by atoms with Crippen molar-refractivity contribution in [3.05, 3.63) is 58.9 Å². The summed E-state index contributed by atoms with van der Waals surface area (Å²) in [5.74, 6) is -0.340. The van der Waals surface area contributed by atoms with Gasteiger partial charge in [-0.1, -0.05) is 6.07 Å². The molecule has 0 fully saturated rings. The van der Waals surface area contributed by atoms with Gasteiger partial charge in [-0.2, -0.15) is 0 Å². The number of carboxylic acids is 1. The summed E-state index contributed by atoms with van der Waals surface area (Å²) in [6.07, 6.45) is 3.39. The normalized spacial score (nSPS) is 10.7. The number of nitrogens with zero attached hydrogens (tertiary/aromatic N) is 2. The molecule has 0 saturated carbocycles. The van der Waals surface area contributed by atoms with Crippen LogP contribution in [0.5, 0.6) is 5.75 Å². The first-order valence-corrected chi connectivity index (χ1v) is 8.95. The molecule has 0 bridgehead atoms. The lowest BCUT2D eigenvalue weighted by Gasteiger charge is -2.27. The van der Waals surface area contributed by atoms with Crippen LogP contribution in [0.1, 0.15) is 47.3 Å². The van der Waals surface area contributed by atoms with Crippen molar-refractivity contribution in [3.8, 4) is 5.75 Å². The van der Waals surface area contributed by atoms with Crippen molar-refractivity contribution in [1.82, 2.24) is 9.88 Å². The molecule has 0 atom stereocenters. The molecule has 1 aromatic heterocycles. The van der Waals surface area contributed by atoms with Crippen LogP contribution in [0.2, 0.25) is 0 Å². The van der Waals surface area contributed by atoms with Crippen molar-refractivity contribution >= 4 is 11.9 Å². The number of aryl methyl sites for hydroxylation is 2. The zero-order valence-corrected chi connectivity index (χ0v) is 16.2. The highest BCUT2D eigenvalue weighted by Gasteiger charge is 2.21. The summed E-state index contributed by atoms with van der Waals surface area (Å²) in [6.45, 7) is 8.15. The molecule has 0 spiro atoms. The zero-order valence-electron chi connectivity index (χ0n) is 16.2. The van der Waals surface area contributed by atoms with Crippen LogP contribution in [0.25, 0.3) is 0 Å². The third-order valence-electron chi connectivity index (χ3n) is 4.26. The van der Waals surface area contributed by atoms with Crippen molar-refractivity contribution < 1.29 is 19.4 Å². The number of amides is 1. The van der Waals surface area contributed by atoms with Gasteiger partial charge >= 0.3 is 5.97 Å². The number of aliphatic carboxylic acids is 1. The van der Waals surface area contributed by atoms with Crippen molar-refractivity contribution in [2.75, 3.05) is 6.54 Å². The van der Waals surface area contributed by atoms with E-state index in [2.05, 4.69) is 4.98 Å². The van der Waals surface area contributed by atoms with Crippen molar-refractivity contribution in [2.45, 2.75) is 46.8 Å². The molecule has 1 amide bonds. The molecule has 2 rings (SSSR count). The predicted octanol–water partition coefficient (Wildman–Crippen LogP) is 3.60. The van der Waals surface area contributed by atoms with E-state index in [1.54, 1.807) is 29.4 Å². The third kappa shape index (κ3) is 5.54. The molecular formula is C21H26N2O4. The second-order valence-corrected chi connectivity index (χ2v) is 6.83. The van der Waals surface area contributed by atoms with Gasteiger partial charge in [0.15, 0.2) is 0 Å². The van der Waals surface area contributed by atoms with E-state index in [0.717, 1.165) is 22.4 Å². The molecule has 0 unspecified atom stereocenters. The lowest BCUT2D eigenvalue weighted by Crippen LogP contribution is -2.38. The number of hydrogen-bond donors (Lipinski definition) is 1. The third-order valence-corrected chi connectivity index (χ3v) is 4.26. The van der Waals surface area contributed by atoms with E-state index >= 15 is 0 Å². The van der Waals surface area contributed by atoms with Crippen LogP contribution in [0.15, 0.2) is 36.7 Å². The molecule has 6 heteroatoms. The maximum absolute atomic E-state index is 12.9. The number of rotatable bonds is 8. The Morgan fingerprint density at radius 2 is 1.89 bits per heavy atom. The SMILES string of the molecule is Cc1cc(C(=O)N(CCC(=O)O)C(C)C)cc(C)c1OCc1cccnc1. The fraction of sp³-hybridized carbons (Fsp3) is 0.381. The monoisotopic (exact) mass is 370 g/mol. The fourth-order valence-electron chi connectivity index (χ4n) is 2.92. The highest BCUT2D eigenvalue weighted by Crippen LogP contribution is 2.26. The Morgan fingerprint density at radius 1 is 1.22 bits per heavy atom. The number of hydrogen-bond acceptors (Lipinski definition) is 4. The summed E-state index contributed by atoms with van der Waals surface area (Å²) in [5, 5.41) is 8.92. The van der Waals surface area contributed by atoms with Crippen LogP contribution in [0.3, 0.4) is 0 Å². The van der Waals surface area contributed by atoms with E-state index in [1.807, 2.05) is 39.8 Å². The highest BCUT2D eigenvalue weighted by atomic mass is 16.5. The quantitative estimate of drug-likeness (QED) is 0.768. The summed E-state index contributed by atoms with van der Waals surface area (Å²) in [4.78, 5) is 29.4. The number of carboxylic acid groups (broad SMARTS) is 1. The molecule has 6 nitrogen and oxygen atoms in total. The van der Waals surface area contributed by atoms with Crippen LogP contribution >= 0.6 is 0 Å². The molecule has 0 aliphatic carbocycles. The lowest BCUT2D eigenvalue weighted by atomic mass is 10.0. The summed E-state index contributed by atoms with van der Waals surface area (Å²) >= 11 is 0. The molecular weight excluding hydrogens is 344 g/mol. The van der Waals surface area contributed by atoms with Crippen LogP contribution < -0.4 is 4.74 Å². The van der Waals surface area contributed by atoms with Crippen LogP contribution in [0, 0.1) is 13.8 Å². The topological polar surface area (TPSA) is 79.7 Å². The molecule has 0 saturated heterocycles. The smallest absolute Gasteiger partial charge is 0.305 e. The van der Waals surface area contributed by atoms with Crippen LogP contribution in [-0.4, -0.2) is 39.5 Å². The van der Waals surface area contributed by atoms with E-state index in [0.29, 0.717) is 12.2 Å². The minimum absolute atomic E-state index is 0.0752. The molecule has 1 heterocycles. The van der Waals surface area contributed by atoms with E-state index in [-0.39, 0.29) is 24.9 Å². The van der Waals surface area contributed by atoms with Gasteiger partial charge in [0, 0.05) is 36.1 Å². The summed E-state index contributed by atoms with van der Waals surface area (Å²) in [5.41, 5.74) is 3.24. The van der Waals surface area contributed by atoms with E-state index in [4.69, 9.17) is 9.84 Å². The largest absolute Gasteiger partial charge is 0.488 e. The Balaban J connectivity index is 2.18. The van der Waals surface area contributed by atoms with Crippen molar-refractivity contribution in [2.24, 2.45) is 0 Å². The van der Waals surface area contributed by atoms with Gasteiger partial charge in [0.25, 0.3) is 5.91 Å². The van der Waals surface area contributed by atoms with Crippen molar-refractivity contribution in [1.29, 1.82) is 0 Å². The first-order chi connectivity index (χ1) is 12.8. The molecule has 0 radical (unpaired) electrons. The van der Waals surface area contributed by atoms with E-state index in [1.165, 1.54) is 0 Å². The molecule has 1 N–H and O–H groups in total. The van der Waals surface area contributed by atoms with Gasteiger partial charge in [-0.15, -0.1) is 0 Å². The maximum Gasteiger partial charge on any atom is 0.305 e. The average molecular weight is 370 g/mol. The summed E-state index contributed by atoms with van der Waals surface area (Å²) in [7, 11) is 0. The Morgan fingerprint density at radius 3 is 2.41 bits per heavy atom. The fourth-order valence-corrected chi connectivity index (χ4v) is 2.92. The lowest BCUT2D eigenvalue weighted by molar-refractivity contribution is -0.137. The number of benzene rings is 1. The van der Waals surface area contributed by atoms with Crippen LogP contribution in [0.4, 0.5) is 0 Å². The van der Waals surface area contributed by atoms with Gasteiger partial charge in [0.05, 0.1) is 6.42 Å². The molecule has 1 aromatic carbocycles.